The summed E-state index contributed by atoms with van der Waals surface area (Å²) in [5, 5.41) is 17.6. The van der Waals surface area contributed by atoms with E-state index < -0.39 is 0 Å². The molecule has 2 heterocycles. The monoisotopic (exact) mass is 295 g/mol. The van der Waals surface area contributed by atoms with Gasteiger partial charge in [-0.3, -0.25) is 0 Å². The number of nitrogens with zero attached hydrogens (tertiary/aromatic N) is 2. The summed E-state index contributed by atoms with van der Waals surface area (Å²) in [5.41, 5.74) is 3.13. The van der Waals surface area contributed by atoms with Gasteiger partial charge in [0, 0.05) is 30.3 Å². The minimum absolute atomic E-state index is 0.110. The molecule has 0 aliphatic carbocycles. The van der Waals surface area contributed by atoms with Gasteiger partial charge in [0.05, 0.1) is 18.3 Å². The fraction of sp³-hybridized carbons (Fsp3) is 0.278. The van der Waals surface area contributed by atoms with Gasteiger partial charge >= 0.3 is 0 Å². The number of nitrogens with one attached hydrogen (secondary N) is 1. The van der Waals surface area contributed by atoms with Gasteiger partial charge in [0.1, 0.15) is 0 Å². The lowest BCUT2D eigenvalue weighted by Crippen LogP contribution is -2.38. The summed E-state index contributed by atoms with van der Waals surface area (Å²) in [6.07, 6.45) is 3.84. The van der Waals surface area contributed by atoms with Gasteiger partial charge in [-0.2, -0.15) is 5.10 Å². The Morgan fingerprint density at radius 2 is 1.91 bits per heavy atom. The number of aliphatic hydroxyl groups is 1. The van der Waals surface area contributed by atoms with E-state index in [1.807, 2.05) is 47.2 Å². The molecule has 0 bridgehead atoms. The SMILES string of the molecule is CC(CO)(CNCc1cnn2ccccc12)c1ccccc1. The molecule has 3 rings (SSSR count). The molecule has 0 aliphatic heterocycles. The molecule has 0 saturated heterocycles. The first-order valence-electron chi connectivity index (χ1n) is 7.51. The second kappa shape index (κ2) is 6.30. The molecule has 22 heavy (non-hydrogen) atoms. The van der Waals surface area contributed by atoms with Crippen molar-refractivity contribution in [2.75, 3.05) is 13.2 Å². The zero-order valence-electron chi connectivity index (χ0n) is 12.7. The van der Waals surface area contributed by atoms with E-state index in [-0.39, 0.29) is 12.0 Å². The van der Waals surface area contributed by atoms with Crippen LogP contribution in [0.15, 0.2) is 60.9 Å². The quantitative estimate of drug-likeness (QED) is 0.734. The third kappa shape index (κ3) is 2.89. The maximum Gasteiger partial charge on any atom is 0.0706 e. The van der Waals surface area contributed by atoms with E-state index in [0.717, 1.165) is 23.2 Å². The third-order valence-corrected chi connectivity index (χ3v) is 4.16. The van der Waals surface area contributed by atoms with Gasteiger partial charge in [-0.05, 0) is 17.7 Å². The number of rotatable bonds is 6. The van der Waals surface area contributed by atoms with Gasteiger partial charge in [0.15, 0.2) is 0 Å². The summed E-state index contributed by atoms with van der Waals surface area (Å²) >= 11 is 0. The maximum absolute atomic E-state index is 9.81. The molecule has 0 spiro atoms. The van der Waals surface area contributed by atoms with Crippen LogP contribution in [0.1, 0.15) is 18.1 Å². The number of pyridine rings is 1. The summed E-state index contributed by atoms with van der Waals surface area (Å²) in [7, 11) is 0. The molecule has 1 aromatic carbocycles. The molecule has 0 fully saturated rings. The number of hydrogen-bond acceptors (Lipinski definition) is 3. The lowest BCUT2D eigenvalue weighted by atomic mass is 9.83. The van der Waals surface area contributed by atoms with E-state index in [2.05, 4.69) is 35.5 Å². The van der Waals surface area contributed by atoms with Crippen molar-refractivity contribution in [1.29, 1.82) is 0 Å². The van der Waals surface area contributed by atoms with Crippen LogP contribution in [0.4, 0.5) is 0 Å². The number of benzene rings is 1. The van der Waals surface area contributed by atoms with Gasteiger partial charge in [-0.25, -0.2) is 4.52 Å². The first-order chi connectivity index (χ1) is 10.7. The maximum atomic E-state index is 9.81. The second-order valence-corrected chi connectivity index (χ2v) is 5.89. The normalized spacial score (nSPS) is 14.1. The standard InChI is InChI=1S/C18H21N3O/c1-18(14-22,16-7-3-2-4-8-16)13-19-11-15-12-20-21-10-6-5-9-17(15)21/h2-10,12,19,22H,11,13-14H2,1H3. The van der Waals surface area contributed by atoms with E-state index in [9.17, 15) is 5.11 Å². The van der Waals surface area contributed by atoms with Crippen molar-refractivity contribution in [3.8, 4) is 0 Å². The lowest BCUT2D eigenvalue weighted by Gasteiger charge is -2.28. The highest BCUT2D eigenvalue weighted by molar-refractivity contribution is 5.53. The van der Waals surface area contributed by atoms with Crippen molar-refractivity contribution in [3.05, 3.63) is 72.1 Å². The molecule has 2 N–H and O–H groups in total. The number of hydrogen-bond donors (Lipinski definition) is 2. The highest BCUT2D eigenvalue weighted by Crippen LogP contribution is 2.22. The number of fused-ring (bicyclic) bond motifs is 1. The van der Waals surface area contributed by atoms with Crippen LogP contribution in [0.3, 0.4) is 0 Å². The van der Waals surface area contributed by atoms with Crippen LogP contribution >= 0.6 is 0 Å². The van der Waals surface area contributed by atoms with Gasteiger partial charge in [0.2, 0.25) is 0 Å². The first-order valence-corrected chi connectivity index (χ1v) is 7.51. The summed E-state index contributed by atoms with van der Waals surface area (Å²) in [6, 6.07) is 16.2. The van der Waals surface area contributed by atoms with Crippen LogP contribution in [0, 0.1) is 0 Å². The molecular weight excluding hydrogens is 274 g/mol. The molecule has 1 atom stereocenters. The lowest BCUT2D eigenvalue weighted by molar-refractivity contribution is 0.201. The Labute approximate surface area is 130 Å². The average Bonchev–Trinajstić information content (AvgIpc) is 2.99. The second-order valence-electron chi connectivity index (χ2n) is 5.89. The molecule has 0 amide bonds. The molecule has 4 nitrogen and oxygen atoms in total. The minimum Gasteiger partial charge on any atom is -0.395 e. The Bertz CT molecular complexity index is 738. The average molecular weight is 295 g/mol. The molecule has 0 aliphatic rings. The topological polar surface area (TPSA) is 49.6 Å². The zero-order valence-corrected chi connectivity index (χ0v) is 12.7. The largest absolute Gasteiger partial charge is 0.395 e. The van der Waals surface area contributed by atoms with Gasteiger partial charge in [-0.1, -0.05) is 43.3 Å². The number of aromatic nitrogens is 2. The van der Waals surface area contributed by atoms with Crippen LogP contribution in [-0.4, -0.2) is 27.9 Å². The summed E-state index contributed by atoms with van der Waals surface area (Å²) in [4.78, 5) is 0. The summed E-state index contributed by atoms with van der Waals surface area (Å²) in [5.74, 6) is 0. The van der Waals surface area contributed by atoms with Crippen LogP contribution in [-0.2, 0) is 12.0 Å². The summed E-state index contributed by atoms with van der Waals surface area (Å²) in [6.45, 7) is 3.62. The highest BCUT2D eigenvalue weighted by atomic mass is 16.3. The molecule has 114 valence electrons. The van der Waals surface area contributed by atoms with Crippen LogP contribution in [0.25, 0.3) is 5.52 Å². The van der Waals surface area contributed by atoms with E-state index in [1.54, 1.807) is 0 Å². The molecule has 4 heteroatoms. The Morgan fingerprint density at radius 1 is 1.14 bits per heavy atom. The van der Waals surface area contributed by atoms with Gasteiger partial charge in [-0.15, -0.1) is 0 Å². The van der Waals surface area contributed by atoms with Crippen LogP contribution < -0.4 is 5.32 Å². The predicted octanol–water partition coefficient (Wildman–Crippen LogP) is 2.37. The Hall–Kier alpha value is -2.17. The molecule has 0 saturated carbocycles. The van der Waals surface area contributed by atoms with Crippen molar-refractivity contribution < 1.29 is 5.11 Å². The zero-order chi connectivity index (χ0) is 15.4. The molecular formula is C18H21N3O. The molecule has 3 aromatic rings. The Kier molecular flexibility index (Phi) is 4.22. The van der Waals surface area contributed by atoms with E-state index in [0.29, 0.717) is 6.54 Å². The van der Waals surface area contributed by atoms with Crippen molar-refractivity contribution in [3.63, 3.8) is 0 Å². The Morgan fingerprint density at radius 3 is 2.68 bits per heavy atom. The van der Waals surface area contributed by atoms with E-state index >= 15 is 0 Å². The van der Waals surface area contributed by atoms with Crippen molar-refractivity contribution >= 4 is 5.52 Å². The smallest absolute Gasteiger partial charge is 0.0706 e. The highest BCUT2D eigenvalue weighted by Gasteiger charge is 2.25. The fourth-order valence-corrected chi connectivity index (χ4v) is 2.69. The third-order valence-electron chi connectivity index (χ3n) is 4.16. The first kappa shape index (κ1) is 14.8. The van der Waals surface area contributed by atoms with E-state index in [4.69, 9.17) is 0 Å². The Balaban J connectivity index is 1.69. The van der Waals surface area contributed by atoms with Crippen molar-refractivity contribution in [2.24, 2.45) is 0 Å². The molecule has 0 radical (unpaired) electrons. The van der Waals surface area contributed by atoms with E-state index in [1.165, 1.54) is 0 Å². The van der Waals surface area contributed by atoms with Crippen LogP contribution in [0.2, 0.25) is 0 Å². The molecule has 2 aromatic heterocycles. The van der Waals surface area contributed by atoms with Crippen molar-refractivity contribution in [1.82, 2.24) is 14.9 Å². The number of aliphatic hydroxyl groups excluding tert-OH is 1. The fourth-order valence-electron chi connectivity index (χ4n) is 2.69. The molecule has 1 unspecified atom stereocenters. The van der Waals surface area contributed by atoms with Gasteiger partial charge < -0.3 is 10.4 Å². The predicted molar refractivity (Wildman–Crippen MR) is 87.8 cm³/mol. The minimum atomic E-state index is -0.287. The van der Waals surface area contributed by atoms with Gasteiger partial charge in [0.25, 0.3) is 0 Å². The van der Waals surface area contributed by atoms with Crippen molar-refractivity contribution in [2.45, 2.75) is 18.9 Å². The summed E-state index contributed by atoms with van der Waals surface area (Å²) < 4.78 is 1.87. The van der Waals surface area contributed by atoms with Crippen LogP contribution in [0.5, 0.6) is 0 Å².